The van der Waals surface area contributed by atoms with E-state index in [4.69, 9.17) is 0 Å². The average molecular weight is 610 g/mol. The molecule has 0 heterocycles. The number of rotatable bonds is 36. The van der Waals surface area contributed by atoms with Gasteiger partial charge in [-0.3, -0.25) is 4.90 Å². The van der Waals surface area contributed by atoms with Crippen LogP contribution in [0.2, 0.25) is 0 Å². The molecule has 0 rings (SSSR count). The highest BCUT2D eigenvalue weighted by Crippen LogP contribution is 2.18. The molecule has 3 atom stereocenters. The van der Waals surface area contributed by atoms with Crippen LogP contribution in [0.5, 0.6) is 0 Å². The molecule has 0 aliphatic heterocycles. The third kappa shape index (κ3) is 31.6. The standard InChI is InChI=1S/C40H83NO2/c1-5-9-12-14-16-18-20-22-24-26-28-30-33-39(42)36-41(35-38(8-4)32-11-7-3)37-40(43)34-31-29-27-25-23-21-19-17-15-13-10-6-2/h38-40,42-43H,5-37H2,1-4H3. The molecule has 3 nitrogen and oxygen atoms in total. The van der Waals surface area contributed by atoms with Gasteiger partial charge in [-0.2, -0.15) is 0 Å². The van der Waals surface area contributed by atoms with Gasteiger partial charge in [-0.1, -0.05) is 201 Å². The van der Waals surface area contributed by atoms with Crippen molar-refractivity contribution in [3.05, 3.63) is 0 Å². The molecule has 0 saturated heterocycles. The van der Waals surface area contributed by atoms with Crippen molar-refractivity contribution >= 4 is 0 Å². The minimum Gasteiger partial charge on any atom is -0.392 e. The van der Waals surface area contributed by atoms with Crippen molar-refractivity contribution in [2.24, 2.45) is 5.92 Å². The minimum absolute atomic E-state index is 0.259. The van der Waals surface area contributed by atoms with Gasteiger partial charge >= 0.3 is 0 Å². The zero-order chi connectivity index (χ0) is 31.6. The summed E-state index contributed by atoms with van der Waals surface area (Å²) in [6, 6.07) is 0. The molecule has 0 aromatic rings. The topological polar surface area (TPSA) is 43.7 Å². The van der Waals surface area contributed by atoms with Crippen LogP contribution in [0.25, 0.3) is 0 Å². The number of unbranched alkanes of at least 4 members (excludes halogenated alkanes) is 23. The first-order valence-corrected chi connectivity index (χ1v) is 20.2. The van der Waals surface area contributed by atoms with Crippen LogP contribution in [-0.2, 0) is 0 Å². The van der Waals surface area contributed by atoms with Gasteiger partial charge < -0.3 is 10.2 Å². The quantitative estimate of drug-likeness (QED) is 0.0694. The Bertz CT molecular complexity index is 477. The lowest BCUT2D eigenvalue weighted by molar-refractivity contribution is 0.0511. The van der Waals surface area contributed by atoms with E-state index in [1.165, 1.54) is 167 Å². The average Bonchev–Trinajstić information content (AvgIpc) is 3.00. The summed E-state index contributed by atoms with van der Waals surface area (Å²) in [5.41, 5.74) is 0. The first kappa shape index (κ1) is 42.9. The molecule has 0 spiro atoms. The molecule has 2 N–H and O–H groups in total. The third-order valence-corrected chi connectivity index (χ3v) is 9.78. The Morgan fingerprint density at radius 3 is 0.953 bits per heavy atom. The van der Waals surface area contributed by atoms with Crippen LogP contribution in [0, 0.1) is 5.92 Å². The SMILES string of the molecule is CCCCCCCCCCCCCCC(O)CN(CC(O)CCCCCCCCCCCCCC)CC(CC)CCCC. The lowest BCUT2D eigenvalue weighted by Gasteiger charge is -2.31. The van der Waals surface area contributed by atoms with Gasteiger partial charge in [0.1, 0.15) is 0 Å². The Kier molecular flexibility index (Phi) is 34.7. The highest BCUT2D eigenvalue weighted by atomic mass is 16.3. The summed E-state index contributed by atoms with van der Waals surface area (Å²) in [4.78, 5) is 2.42. The minimum atomic E-state index is -0.259. The van der Waals surface area contributed by atoms with Crippen molar-refractivity contribution in [2.45, 2.75) is 233 Å². The first-order valence-electron chi connectivity index (χ1n) is 20.2. The lowest BCUT2D eigenvalue weighted by Crippen LogP contribution is -2.41. The molecule has 0 fully saturated rings. The van der Waals surface area contributed by atoms with Crippen molar-refractivity contribution in [1.82, 2.24) is 4.90 Å². The molecular formula is C40H83NO2. The Morgan fingerprint density at radius 1 is 0.349 bits per heavy atom. The molecule has 43 heavy (non-hydrogen) atoms. The Morgan fingerprint density at radius 2 is 0.651 bits per heavy atom. The molecular weight excluding hydrogens is 526 g/mol. The summed E-state index contributed by atoms with van der Waals surface area (Å²) in [5, 5.41) is 21.8. The number of aliphatic hydroxyl groups excluding tert-OH is 2. The van der Waals surface area contributed by atoms with E-state index in [2.05, 4.69) is 32.6 Å². The smallest absolute Gasteiger partial charge is 0.0667 e. The van der Waals surface area contributed by atoms with Gasteiger partial charge in [-0.15, -0.1) is 0 Å². The van der Waals surface area contributed by atoms with Crippen molar-refractivity contribution in [1.29, 1.82) is 0 Å². The predicted octanol–water partition coefficient (Wildman–Crippen LogP) is 12.4. The van der Waals surface area contributed by atoms with Gasteiger partial charge in [-0.05, 0) is 25.2 Å². The summed E-state index contributed by atoms with van der Waals surface area (Å²) in [5.74, 6) is 0.678. The number of hydrogen-bond donors (Lipinski definition) is 2. The highest BCUT2D eigenvalue weighted by molar-refractivity contribution is 4.73. The first-order chi connectivity index (χ1) is 21.1. The summed E-state index contributed by atoms with van der Waals surface area (Å²) in [6.07, 6.45) is 38.9. The van der Waals surface area contributed by atoms with Gasteiger partial charge in [0, 0.05) is 19.6 Å². The van der Waals surface area contributed by atoms with E-state index in [1.54, 1.807) is 0 Å². The highest BCUT2D eigenvalue weighted by Gasteiger charge is 2.19. The van der Waals surface area contributed by atoms with Crippen molar-refractivity contribution < 1.29 is 10.2 Å². The van der Waals surface area contributed by atoms with Crippen LogP contribution in [0.1, 0.15) is 220 Å². The van der Waals surface area contributed by atoms with E-state index < -0.39 is 0 Å². The second kappa shape index (κ2) is 34.7. The summed E-state index contributed by atoms with van der Waals surface area (Å²) in [6.45, 7) is 11.7. The van der Waals surface area contributed by atoms with Crippen LogP contribution in [0.4, 0.5) is 0 Å². The zero-order valence-electron chi connectivity index (χ0n) is 30.4. The number of aliphatic hydroxyl groups is 2. The molecule has 3 heteroatoms. The summed E-state index contributed by atoms with van der Waals surface area (Å²) in [7, 11) is 0. The fourth-order valence-electron chi connectivity index (χ4n) is 6.73. The van der Waals surface area contributed by atoms with Crippen LogP contribution in [-0.4, -0.2) is 47.0 Å². The van der Waals surface area contributed by atoms with E-state index in [1.807, 2.05) is 0 Å². The molecule has 0 aromatic heterocycles. The Hall–Kier alpha value is -0.120. The van der Waals surface area contributed by atoms with Crippen LogP contribution in [0.15, 0.2) is 0 Å². The maximum absolute atomic E-state index is 10.9. The zero-order valence-corrected chi connectivity index (χ0v) is 30.4. The van der Waals surface area contributed by atoms with Gasteiger partial charge in [0.25, 0.3) is 0 Å². The van der Waals surface area contributed by atoms with E-state index >= 15 is 0 Å². The molecule has 0 aliphatic carbocycles. The van der Waals surface area contributed by atoms with E-state index in [9.17, 15) is 10.2 Å². The normalized spacial score (nSPS) is 14.0. The second-order valence-corrected chi connectivity index (χ2v) is 14.3. The predicted molar refractivity (Wildman–Crippen MR) is 193 cm³/mol. The van der Waals surface area contributed by atoms with Gasteiger partial charge in [0.2, 0.25) is 0 Å². The van der Waals surface area contributed by atoms with Crippen LogP contribution in [0.3, 0.4) is 0 Å². The largest absolute Gasteiger partial charge is 0.392 e. The Balaban J connectivity index is 4.16. The van der Waals surface area contributed by atoms with E-state index in [0.29, 0.717) is 5.92 Å². The fourth-order valence-corrected chi connectivity index (χ4v) is 6.73. The van der Waals surface area contributed by atoms with Crippen LogP contribution >= 0.6 is 0 Å². The lowest BCUT2D eigenvalue weighted by atomic mass is 9.97. The van der Waals surface area contributed by atoms with Crippen molar-refractivity contribution in [3.8, 4) is 0 Å². The third-order valence-electron chi connectivity index (χ3n) is 9.78. The summed E-state index contributed by atoms with van der Waals surface area (Å²) < 4.78 is 0. The molecule has 0 saturated carbocycles. The molecule has 260 valence electrons. The molecule has 0 bridgehead atoms. The molecule has 3 unspecified atom stereocenters. The number of nitrogens with zero attached hydrogens (tertiary/aromatic N) is 1. The maximum atomic E-state index is 10.9. The fraction of sp³-hybridized carbons (Fsp3) is 1.00. The van der Waals surface area contributed by atoms with Gasteiger partial charge in [0.15, 0.2) is 0 Å². The van der Waals surface area contributed by atoms with Crippen LogP contribution < -0.4 is 0 Å². The monoisotopic (exact) mass is 610 g/mol. The van der Waals surface area contributed by atoms with E-state index in [0.717, 1.165) is 45.3 Å². The summed E-state index contributed by atoms with van der Waals surface area (Å²) >= 11 is 0. The molecule has 0 radical (unpaired) electrons. The molecule has 0 aromatic carbocycles. The second-order valence-electron chi connectivity index (χ2n) is 14.3. The van der Waals surface area contributed by atoms with Gasteiger partial charge in [-0.25, -0.2) is 0 Å². The maximum Gasteiger partial charge on any atom is 0.0667 e. The van der Waals surface area contributed by atoms with Crippen molar-refractivity contribution in [2.75, 3.05) is 19.6 Å². The Labute approximate surface area is 272 Å². The molecule has 0 aliphatic rings. The van der Waals surface area contributed by atoms with Crippen molar-refractivity contribution in [3.63, 3.8) is 0 Å². The number of hydrogen-bond acceptors (Lipinski definition) is 3. The van der Waals surface area contributed by atoms with E-state index in [-0.39, 0.29) is 12.2 Å². The van der Waals surface area contributed by atoms with Gasteiger partial charge in [0.05, 0.1) is 12.2 Å². The molecule has 0 amide bonds.